The Bertz CT molecular complexity index is 428. The Morgan fingerprint density at radius 1 is 1.15 bits per heavy atom. The number of anilines is 1. The number of nitrogens with zero attached hydrogens (tertiary/aromatic N) is 3. The van der Waals surface area contributed by atoms with Crippen LogP contribution in [0.4, 0.5) is 5.95 Å². The number of aromatic nitrogens is 2. The highest BCUT2D eigenvalue weighted by Crippen LogP contribution is 2.32. The Morgan fingerprint density at radius 2 is 2.00 bits per heavy atom. The zero-order valence-corrected chi connectivity index (χ0v) is 12.3. The number of nitrogens with two attached hydrogens (primary N) is 1. The monoisotopic (exact) mass is 274 g/mol. The van der Waals surface area contributed by atoms with Gasteiger partial charge in [0, 0.05) is 30.9 Å². The quantitative estimate of drug-likeness (QED) is 0.920. The van der Waals surface area contributed by atoms with Gasteiger partial charge in [-0.1, -0.05) is 19.3 Å². The summed E-state index contributed by atoms with van der Waals surface area (Å²) in [7, 11) is 0. The predicted molar refractivity (Wildman–Crippen MR) is 81.8 cm³/mol. The van der Waals surface area contributed by atoms with Gasteiger partial charge in [0.15, 0.2) is 0 Å². The van der Waals surface area contributed by atoms with E-state index in [1.54, 1.807) is 0 Å². The average Bonchev–Trinajstić information content (AvgIpc) is 2.56. The molecule has 0 amide bonds. The lowest BCUT2D eigenvalue weighted by Gasteiger charge is -2.32. The van der Waals surface area contributed by atoms with Gasteiger partial charge in [0.2, 0.25) is 5.95 Å². The average molecular weight is 274 g/mol. The van der Waals surface area contributed by atoms with Crippen LogP contribution in [0.5, 0.6) is 0 Å². The molecule has 1 saturated heterocycles. The molecular formula is C16H26N4. The second-order valence-electron chi connectivity index (χ2n) is 6.31. The fourth-order valence-corrected chi connectivity index (χ4v) is 3.58. The van der Waals surface area contributed by atoms with E-state index < -0.39 is 0 Å². The number of hydrogen-bond acceptors (Lipinski definition) is 4. The van der Waals surface area contributed by atoms with E-state index in [9.17, 15) is 0 Å². The van der Waals surface area contributed by atoms with E-state index in [1.165, 1.54) is 50.6 Å². The molecule has 1 aromatic rings. The number of piperidine rings is 1. The predicted octanol–water partition coefficient (Wildman–Crippen LogP) is 2.70. The van der Waals surface area contributed by atoms with E-state index in [2.05, 4.69) is 16.0 Å². The van der Waals surface area contributed by atoms with Gasteiger partial charge in [-0.2, -0.15) is 0 Å². The van der Waals surface area contributed by atoms with Gasteiger partial charge < -0.3 is 10.6 Å². The Kier molecular flexibility index (Phi) is 4.51. The van der Waals surface area contributed by atoms with Crippen LogP contribution in [0.2, 0.25) is 0 Å². The summed E-state index contributed by atoms with van der Waals surface area (Å²) in [6.07, 6.45) is 11.1. The molecule has 110 valence electrons. The molecule has 2 aliphatic rings. The molecule has 1 aliphatic carbocycles. The van der Waals surface area contributed by atoms with E-state index >= 15 is 0 Å². The van der Waals surface area contributed by atoms with Crippen LogP contribution in [0.3, 0.4) is 0 Å². The molecule has 2 heterocycles. The lowest BCUT2D eigenvalue weighted by molar-refractivity contribution is 0.416. The van der Waals surface area contributed by atoms with E-state index in [1.807, 2.05) is 6.20 Å². The molecular weight excluding hydrogens is 248 g/mol. The first-order valence-electron chi connectivity index (χ1n) is 8.15. The first-order valence-corrected chi connectivity index (χ1v) is 8.15. The van der Waals surface area contributed by atoms with Crippen LogP contribution in [0.25, 0.3) is 0 Å². The Morgan fingerprint density at radius 3 is 2.80 bits per heavy atom. The topological polar surface area (TPSA) is 55.0 Å². The summed E-state index contributed by atoms with van der Waals surface area (Å²) in [5.74, 6) is 2.18. The Hall–Kier alpha value is -1.16. The van der Waals surface area contributed by atoms with E-state index in [4.69, 9.17) is 10.7 Å². The van der Waals surface area contributed by atoms with Gasteiger partial charge in [-0.15, -0.1) is 0 Å². The smallest absolute Gasteiger partial charge is 0.225 e. The van der Waals surface area contributed by atoms with Gasteiger partial charge in [0.05, 0.1) is 0 Å². The summed E-state index contributed by atoms with van der Waals surface area (Å²) < 4.78 is 0. The molecule has 1 aliphatic heterocycles. The highest BCUT2D eigenvalue weighted by molar-refractivity contribution is 5.32. The van der Waals surface area contributed by atoms with Gasteiger partial charge in [0.25, 0.3) is 0 Å². The van der Waals surface area contributed by atoms with Gasteiger partial charge in [-0.3, -0.25) is 0 Å². The van der Waals surface area contributed by atoms with Crippen LogP contribution in [-0.4, -0.2) is 29.6 Å². The SMILES string of the molecule is NCC1CCCN(c2nccc(C3CCCCC3)n2)C1. The minimum absolute atomic E-state index is 0.602. The number of hydrogen-bond donors (Lipinski definition) is 1. The van der Waals surface area contributed by atoms with Crippen molar-refractivity contribution in [2.24, 2.45) is 11.7 Å². The minimum atomic E-state index is 0.602. The molecule has 0 radical (unpaired) electrons. The maximum absolute atomic E-state index is 5.82. The van der Waals surface area contributed by atoms with Crippen molar-refractivity contribution in [2.75, 3.05) is 24.5 Å². The second-order valence-corrected chi connectivity index (χ2v) is 6.31. The van der Waals surface area contributed by atoms with Crippen LogP contribution >= 0.6 is 0 Å². The second kappa shape index (κ2) is 6.53. The van der Waals surface area contributed by atoms with Crippen molar-refractivity contribution in [2.45, 2.75) is 50.9 Å². The van der Waals surface area contributed by atoms with Crippen molar-refractivity contribution < 1.29 is 0 Å². The summed E-state index contributed by atoms with van der Waals surface area (Å²) in [5, 5.41) is 0. The van der Waals surface area contributed by atoms with Gasteiger partial charge >= 0.3 is 0 Å². The molecule has 1 unspecified atom stereocenters. The summed E-state index contributed by atoms with van der Waals surface area (Å²) >= 11 is 0. The van der Waals surface area contributed by atoms with E-state index in [-0.39, 0.29) is 0 Å². The summed E-state index contributed by atoms with van der Waals surface area (Å²) in [4.78, 5) is 11.7. The largest absolute Gasteiger partial charge is 0.340 e. The lowest BCUT2D eigenvalue weighted by atomic mass is 9.87. The van der Waals surface area contributed by atoms with Crippen molar-refractivity contribution >= 4 is 5.95 Å². The number of rotatable bonds is 3. The van der Waals surface area contributed by atoms with Crippen molar-refractivity contribution in [3.05, 3.63) is 18.0 Å². The normalized spacial score (nSPS) is 24.9. The van der Waals surface area contributed by atoms with Crippen LogP contribution in [0, 0.1) is 5.92 Å². The van der Waals surface area contributed by atoms with E-state index in [0.29, 0.717) is 11.8 Å². The minimum Gasteiger partial charge on any atom is -0.340 e. The zero-order chi connectivity index (χ0) is 13.8. The fourth-order valence-electron chi connectivity index (χ4n) is 3.58. The molecule has 1 aromatic heterocycles. The van der Waals surface area contributed by atoms with Crippen LogP contribution < -0.4 is 10.6 Å². The van der Waals surface area contributed by atoms with Crippen molar-refractivity contribution in [1.82, 2.24) is 9.97 Å². The molecule has 1 atom stereocenters. The molecule has 0 bridgehead atoms. The van der Waals surface area contributed by atoms with Crippen LogP contribution in [0.1, 0.15) is 56.6 Å². The van der Waals surface area contributed by atoms with Gasteiger partial charge in [-0.25, -0.2) is 9.97 Å². The lowest BCUT2D eigenvalue weighted by Crippen LogP contribution is -2.39. The molecule has 0 spiro atoms. The Labute approximate surface area is 121 Å². The first kappa shape index (κ1) is 13.8. The first-order chi connectivity index (χ1) is 9.86. The van der Waals surface area contributed by atoms with Gasteiger partial charge in [-0.05, 0) is 44.2 Å². The van der Waals surface area contributed by atoms with Gasteiger partial charge in [0.1, 0.15) is 0 Å². The highest BCUT2D eigenvalue weighted by Gasteiger charge is 2.22. The summed E-state index contributed by atoms with van der Waals surface area (Å²) in [6, 6.07) is 2.11. The Balaban J connectivity index is 1.73. The third-order valence-corrected chi connectivity index (χ3v) is 4.82. The summed E-state index contributed by atoms with van der Waals surface area (Å²) in [5.41, 5.74) is 7.08. The standard InChI is InChI=1S/C16H26N4/c17-11-13-5-4-10-20(12-13)16-18-9-8-15(19-16)14-6-2-1-3-7-14/h8-9,13-14H,1-7,10-12,17H2. The van der Waals surface area contributed by atoms with E-state index in [0.717, 1.165) is 25.6 Å². The van der Waals surface area contributed by atoms with Crippen LogP contribution in [0.15, 0.2) is 12.3 Å². The van der Waals surface area contributed by atoms with Crippen molar-refractivity contribution in [3.8, 4) is 0 Å². The maximum atomic E-state index is 5.82. The fraction of sp³-hybridized carbons (Fsp3) is 0.750. The maximum Gasteiger partial charge on any atom is 0.225 e. The van der Waals surface area contributed by atoms with Crippen LogP contribution in [-0.2, 0) is 0 Å². The molecule has 1 saturated carbocycles. The molecule has 20 heavy (non-hydrogen) atoms. The summed E-state index contributed by atoms with van der Waals surface area (Å²) in [6.45, 7) is 2.87. The highest BCUT2D eigenvalue weighted by atomic mass is 15.3. The molecule has 2 N–H and O–H groups in total. The molecule has 4 heteroatoms. The van der Waals surface area contributed by atoms with Crippen molar-refractivity contribution in [3.63, 3.8) is 0 Å². The molecule has 0 aromatic carbocycles. The molecule has 4 nitrogen and oxygen atoms in total. The molecule has 2 fully saturated rings. The zero-order valence-electron chi connectivity index (χ0n) is 12.3. The third-order valence-electron chi connectivity index (χ3n) is 4.82. The molecule has 3 rings (SSSR count). The van der Waals surface area contributed by atoms with Crippen molar-refractivity contribution in [1.29, 1.82) is 0 Å². The third kappa shape index (κ3) is 3.11.